The first-order chi connectivity index (χ1) is 8.36. The van der Waals surface area contributed by atoms with E-state index in [9.17, 15) is 4.79 Å². The van der Waals surface area contributed by atoms with Gasteiger partial charge in [0.25, 0.3) is 0 Å². The molecular weight excluding hydrogens is 222 g/mol. The summed E-state index contributed by atoms with van der Waals surface area (Å²) in [5, 5.41) is 0.803. The Balaban J connectivity index is 2.94. The molecule has 1 heterocycles. The van der Waals surface area contributed by atoms with Crippen LogP contribution in [-0.4, -0.2) is 4.98 Å². The Hall–Kier alpha value is -1.57. The van der Waals surface area contributed by atoms with Crippen molar-refractivity contribution >= 4 is 10.9 Å². The Bertz CT molecular complexity index is 644. The molecule has 0 radical (unpaired) electrons. The number of pyridine rings is 1. The average molecular weight is 243 g/mol. The number of aromatic nitrogens is 1. The molecule has 1 aromatic carbocycles. The third-order valence-electron chi connectivity index (χ3n) is 3.54. The van der Waals surface area contributed by atoms with Crippen molar-refractivity contribution in [3.63, 3.8) is 0 Å². The van der Waals surface area contributed by atoms with Gasteiger partial charge in [-0.25, -0.2) is 0 Å². The minimum atomic E-state index is 0.0305. The SMILES string of the molecule is CCc1[nH]c2c(C(C)(C)C)cccc2c(=O)c1C. The molecular formula is C16H21NO. The van der Waals surface area contributed by atoms with Crippen LogP contribution in [0.25, 0.3) is 10.9 Å². The highest BCUT2D eigenvalue weighted by atomic mass is 16.1. The predicted octanol–water partition coefficient (Wildman–Crippen LogP) is 3.70. The van der Waals surface area contributed by atoms with Crippen LogP contribution in [0.1, 0.15) is 44.5 Å². The number of aryl methyl sites for hydroxylation is 1. The third kappa shape index (κ3) is 1.96. The molecule has 0 bridgehead atoms. The molecule has 0 atom stereocenters. The lowest BCUT2D eigenvalue weighted by Gasteiger charge is -2.21. The van der Waals surface area contributed by atoms with Gasteiger partial charge in [-0.2, -0.15) is 0 Å². The molecule has 2 heteroatoms. The summed E-state index contributed by atoms with van der Waals surface area (Å²) in [5.74, 6) is 0. The molecule has 2 nitrogen and oxygen atoms in total. The number of benzene rings is 1. The molecule has 0 unspecified atom stereocenters. The molecule has 0 aliphatic carbocycles. The van der Waals surface area contributed by atoms with Crippen molar-refractivity contribution in [3.05, 3.63) is 45.2 Å². The van der Waals surface area contributed by atoms with Gasteiger partial charge in [-0.05, 0) is 30.4 Å². The van der Waals surface area contributed by atoms with Gasteiger partial charge in [-0.3, -0.25) is 4.79 Å². The fourth-order valence-electron chi connectivity index (χ4n) is 2.44. The van der Waals surface area contributed by atoms with E-state index in [0.29, 0.717) is 0 Å². The maximum atomic E-state index is 12.4. The molecule has 0 aliphatic rings. The summed E-state index contributed by atoms with van der Waals surface area (Å²) in [5.41, 5.74) is 4.28. The number of para-hydroxylation sites is 1. The molecule has 0 saturated heterocycles. The molecule has 0 spiro atoms. The predicted molar refractivity (Wildman–Crippen MR) is 77.4 cm³/mol. The normalized spacial score (nSPS) is 12.1. The molecule has 0 aliphatic heterocycles. The van der Waals surface area contributed by atoms with Crippen LogP contribution in [0.3, 0.4) is 0 Å². The summed E-state index contributed by atoms with van der Waals surface area (Å²) < 4.78 is 0. The van der Waals surface area contributed by atoms with Crippen LogP contribution in [0.4, 0.5) is 0 Å². The molecule has 0 amide bonds. The Kier molecular flexibility index (Phi) is 3.05. The maximum absolute atomic E-state index is 12.4. The molecule has 2 aromatic rings. The van der Waals surface area contributed by atoms with Gasteiger partial charge in [0.05, 0.1) is 5.52 Å². The minimum absolute atomic E-state index is 0.0305. The molecule has 0 saturated carbocycles. The number of nitrogens with one attached hydrogen (secondary N) is 1. The van der Waals surface area contributed by atoms with Crippen molar-refractivity contribution in [2.75, 3.05) is 0 Å². The van der Waals surface area contributed by atoms with Gasteiger partial charge >= 0.3 is 0 Å². The molecule has 96 valence electrons. The number of hydrogen-bond acceptors (Lipinski definition) is 1. The molecule has 1 N–H and O–H groups in total. The van der Waals surface area contributed by atoms with Crippen LogP contribution in [-0.2, 0) is 11.8 Å². The summed E-state index contributed by atoms with van der Waals surface area (Å²) in [4.78, 5) is 15.8. The quantitative estimate of drug-likeness (QED) is 0.814. The van der Waals surface area contributed by atoms with E-state index in [-0.39, 0.29) is 10.8 Å². The van der Waals surface area contributed by atoms with E-state index in [1.807, 2.05) is 19.1 Å². The lowest BCUT2D eigenvalue weighted by atomic mass is 9.85. The van der Waals surface area contributed by atoms with E-state index >= 15 is 0 Å². The van der Waals surface area contributed by atoms with Crippen molar-refractivity contribution in [2.24, 2.45) is 0 Å². The zero-order valence-corrected chi connectivity index (χ0v) is 11.8. The Morgan fingerprint density at radius 3 is 2.44 bits per heavy atom. The summed E-state index contributed by atoms with van der Waals surface area (Å²) in [6.45, 7) is 10.5. The van der Waals surface area contributed by atoms with E-state index in [1.54, 1.807) is 0 Å². The zero-order valence-electron chi connectivity index (χ0n) is 11.8. The second-order valence-electron chi connectivity index (χ2n) is 5.89. The second-order valence-corrected chi connectivity index (χ2v) is 5.89. The first-order valence-corrected chi connectivity index (χ1v) is 6.51. The highest BCUT2D eigenvalue weighted by Crippen LogP contribution is 2.28. The highest BCUT2D eigenvalue weighted by molar-refractivity contribution is 5.83. The topological polar surface area (TPSA) is 32.9 Å². The number of aromatic amines is 1. The summed E-state index contributed by atoms with van der Waals surface area (Å²) in [6.07, 6.45) is 0.857. The van der Waals surface area contributed by atoms with E-state index in [0.717, 1.165) is 28.6 Å². The Morgan fingerprint density at radius 2 is 1.89 bits per heavy atom. The van der Waals surface area contributed by atoms with Gasteiger partial charge in [-0.15, -0.1) is 0 Å². The van der Waals surface area contributed by atoms with Crippen molar-refractivity contribution in [2.45, 2.75) is 46.5 Å². The fourth-order valence-corrected chi connectivity index (χ4v) is 2.44. The highest BCUT2D eigenvalue weighted by Gasteiger charge is 2.19. The summed E-state index contributed by atoms with van der Waals surface area (Å²) in [6, 6.07) is 5.99. The van der Waals surface area contributed by atoms with Crippen molar-refractivity contribution in [3.8, 4) is 0 Å². The Labute approximate surface area is 108 Å². The van der Waals surface area contributed by atoms with Crippen LogP contribution in [0.15, 0.2) is 23.0 Å². The third-order valence-corrected chi connectivity index (χ3v) is 3.54. The number of rotatable bonds is 1. The monoisotopic (exact) mass is 243 g/mol. The molecule has 1 aromatic heterocycles. The van der Waals surface area contributed by atoms with Crippen molar-refractivity contribution in [1.82, 2.24) is 4.98 Å². The number of H-pyrrole nitrogens is 1. The smallest absolute Gasteiger partial charge is 0.192 e. The largest absolute Gasteiger partial charge is 0.358 e. The molecule has 2 rings (SSSR count). The molecule has 18 heavy (non-hydrogen) atoms. The Morgan fingerprint density at radius 1 is 1.22 bits per heavy atom. The fraction of sp³-hybridized carbons (Fsp3) is 0.438. The number of fused-ring (bicyclic) bond motifs is 1. The van der Waals surface area contributed by atoms with Gasteiger partial charge in [0.1, 0.15) is 0 Å². The first-order valence-electron chi connectivity index (χ1n) is 6.51. The van der Waals surface area contributed by atoms with Gasteiger partial charge in [0, 0.05) is 16.6 Å². The van der Waals surface area contributed by atoms with E-state index in [4.69, 9.17) is 0 Å². The van der Waals surface area contributed by atoms with Gasteiger partial charge in [-0.1, -0.05) is 39.8 Å². The van der Waals surface area contributed by atoms with E-state index in [1.165, 1.54) is 5.56 Å². The summed E-state index contributed by atoms with van der Waals surface area (Å²) >= 11 is 0. The maximum Gasteiger partial charge on any atom is 0.192 e. The minimum Gasteiger partial charge on any atom is -0.358 e. The number of hydrogen-bond donors (Lipinski definition) is 1. The first kappa shape index (κ1) is 12.9. The van der Waals surface area contributed by atoms with E-state index < -0.39 is 0 Å². The van der Waals surface area contributed by atoms with Crippen LogP contribution >= 0.6 is 0 Å². The van der Waals surface area contributed by atoms with Crippen LogP contribution in [0.2, 0.25) is 0 Å². The second kappa shape index (κ2) is 4.27. The van der Waals surface area contributed by atoms with E-state index in [2.05, 4.69) is 38.7 Å². The van der Waals surface area contributed by atoms with Gasteiger partial charge < -0.3 is 4.98 Å². The lowest BCUT2D eigenvalue weighted by molar-refractivity contribution is 0.594. The standard InChI is InChI=1S/C16H21NO/c1-6-13-10(2)15(18)11-8-7-9-12(14(11)17-13)16(3,4)5/h7-9H,6H2,1-5H3,(H,17,18). The average Bonchev–Trinajstić information content (AvgIpc) is 2.31. The lowest BCUT2D eigenvalue weighted by Crippen LogP contribution is -2.17. The van der Waals surface area contributed by atoms with Gasteiger partial charge in [0.2, 0.25) is 0 Å². The van der Waals surface area contributed by atoms with Gasteiger partial charge in [0.15, 0.2) is 5.43 Å². The van der Waals surface area contributed by atoms with Crippen LogP contribution in [0.5, 0.6) is 0 Å². The van der Waals surface area contributed by atoms with Crippen molar-refractivity contribution < 1.29 is 0 Å². The van der Waals surface area contributed by atoms with Crippen molar-refractivity contribution in [1.29, 1.82) is 0 Å². The molecule has 0 fully saturated rings. The zero-order chi connectivity index (χ0) is 13.5. The summed E-state index contributed by atoms with van der Waals surface area (Å²) in [7, 11) is 0. The van der Waals surface area contributed by atoms with Crippen LogP contribution in [0, 0.1) is 6.92 Å². The van der Waals surface area contributed by atoms with Crippen LogP contribution < -0.4 is 5.43 Å².